The molecule has 0 bridgehead atoms. The molecule has 0 saturated heterocycles. The van der Waals surface area contributed by atoms with E-state index in [0.717, 1.165) is 18.7 Å². The van der Waals surface area contributed by atoms with Crippen molar-refractivity contribution in [3.63, 3.8) is 0 Å². The molecule has 1 heterocycles. The summed E-state index contributed by atoms with van der Waals surface area (Å²) in [6.07, 6.45) is 2.06. The molecule has 0 amide bonds. The first-order valence-electron chi connectivity index (χ1n) is 7.02. The maximum atomic E-state index is 12.2. The molecular weight excluding hydrogens is 242 g/mol. The SMILES string of the molecule is Cc1nn(C2CC(O)CCC2C(C)(C)C)c(=O)n1C. The standard InChI is InChI=1S/C14H25N3O2/c1-9-15-17(13(19)16(9)5)12-8-10(18)6-7-11(12)14(2,3)4/h10-12,18H,6-8H2,1-5H3. The Kier molecular flexibility index (Phi) is 3.60. The molecule has 1 aromatic heterocycles. The van der Waals surface area contributed by atoms with Gasteiger partial charge in [0, 0.05) is 7.05 Å². The molecule has 108 valence electrons. The molecule has 1 fully saturated rings. The number of aromatic nitrogens is 3. The summed E-state index contributed by atoms with van der Waals surface area (Å²) in [6.45, 7) is 8.43. The van der Waals surface area contributed by atoms with Gasteiger partial charge in [-0.3, -0.25) is 4.57 Å². The van der Waals surface area contributed by atoms with E-state index in [-0.39, 0.29) is 23.3 Å². The predicted molar refractivity (Wildman–Crippen MR) is 74.0 cm³/mol. The number of aliphatic hydroxyl groups is 1. The van der Waals surface area contributed by atoms with E-state index in [0.29, 0.717) is 12.3 Å². The van der Waals surface area contributed by atoms with Crippen molar-refractivity contribution in [2.45, 2.75) is 59.1 Å². The van der Waals surface area contributed by atoms with Crippen LogP contribution in [0.25, 0.3) is 0 Å². The highest BCUT2D eigenvalue weighted by Crippen LogP contribution is 2.43. The fraction of sp³-hybridized carbons (Fsp3) is 0.857. The molecule has 1 saturated carbocycles. The van der Waals surface area contributed by atoms with Crippen molar-refractivity contribution in [2.24, 2.45) is 18.4 Å². The third-order valence-corrected chi connectivity index (χ3v) is 4.44. The molecule has 0 aliphatic heterocycles. The Morgan fingerprint density at radius 1 is 1.32 bits per heavy atom. The second kappa shape index (κ2) is 4.78. The summed E-state index contributed by atoms with van der Waals surface area (Å²) in [7, 11) is 1.74. The molecule has 0 aromatic carbocycles. The van der Waals surface area contributed by atoms with E-state index < -0.39 is 0 Å². The minimum absolute atomic E-state index is 0.00356. The van der Waals surface area contributed by atoms with Gasteiger partial charge in [0.15, 0.2) is 0 Å². The fourth-order valence-electron chi connectivity index (χ4n) is 3.18. The maximum absolute atomic E-state index is 12.2. The topological polar surface area (TPSA) is 60.0 Å². The van der Waals surface area contributed by atoms with Crippen molar-refractivity contribution in [1.82, 2.24) is 14.3 Å². The minimum Gasteiger partial charge on any atom is -0.393 e. The van der Waals surface area contributed by atoms with Gasteiger partial charge in [-0.1, -0.05) is 20.8 Å². The van der Waals surface area contributed by atoms with Crippen LogP contribution in [0.3, 0.4) is 0 Å². The highest BCUT2D eigenvalue weighted by atomic mass is 16.3. The summed E-state index contributed by atoms with van der Waals surface area (Å²) < 4.78 is 3.16. The largest absolute Gasteiger partial charge is 0.393 e. The van der Waals surface area contributed by atoms with Gasteiger partial charge in [-0.15, -0.1) is 0 Å². The molecule has 19 heavy (non-hydrogen) atoms. The second-order valence-electron chi connectivity index (χ2n) is 6.84. The van der Waals surface area contributed by atoms with Crippen LogP contribution < -0.4 is 5.69 Å². The van der Waals surface area contributed by atoms with Crippen molar-refractivity contribution in [1.29, 1.82) is 0 Å². The third kappa shape index (κ3) is 2.61. The molecule has 0 spiro atoms. The van der Waals surface area contributed by atoms with Crippen LogP contribution >= 0.6 is 0 Å². The van der Waals surface area contributed by atoms with Gasteiger partial charge in [0.05, 0.1) is 12.1 Å². The molecule has 2 rings (SSSR count). The Labute approximate surface area is 114 Å². The van der Waals surface area contributed by atoms with Crippen molar-refractivity contribution in [2.75, 3.05) is 0 Å². The summed E-state index contributed by atoms with van der Waals surface area (Å²) in [5.74, 6) is 1.08. The second-order valence-corrected chi connectivity index (χ2v) is 6.84. The van der Waals surface area contributed by atoms with Gasteiger partial charge in [-0.25, -0.2) is 9.48 Å². The van der Waals surface area contributed by atoms with Crippen molar-refractivity contribution >= 4 is 0 Å². The average Bonchev–Trinajstić information content (AvgIpc) is 2.55. The zero-order valence-electron chi connectivity index (χ0n) is 12.6. The Morgan fingerprint density at radius 2 is 1.95 bits per heavy atom. The van der Waals surface area contributed by atoms with Crippen LogP contribution in [0.1, 0.15) is 51.9 Å². The van der Waals surface area contributed by atoms with E-state index in [9.17, 15) is 9.90 Å². The molecule has 3 unspecified atom stereocenters. The van der Waals surface area contributed by atoms with E-state index in [2.05, 4.69) is 25.9 Å². The zero-order chi connectivity index (χ0) is 14.4. The minimum atomic E-state index is -0.321. The summed E-state index contributed by atoms with van der Waals surface area (Å²) in [5.41, 5.74) is 0.0289. The lowest BCUT2D eigenvalue weighted by atomic mass is 9.69. The number of hydrogen-bond donors (Lipinski definition) is 1. The Balaban J connectivity index is 2.43. The monoisotopic (exact) mass is 267 g/mol. The number of rotatable bonds is 1. The smallest absolute Gasteiger partial charge is 0.345 e. The fourth-order valence-corrected chi connectivity index (χ4v) is 3.18. The average molecular weight is 267 g/mol. The van der Waals surface area contributed by atoms with Crippen LogP contribution in [0, 0.1) is 18.3 Å². The molecular formula is C14H25N3O2. The van der Waals surface area contributed by atoms with Gasteiger partial charge < -0.3 is 5.11 Å². The van der Waals surface area contributed by atoms with Crippen LogP contribution in [0.5, 0.6) is 0 Å². The number of aliphatic hydroxyl groups excluding tert-OH is 1. The van der Waals surface area contributed by atoms with E-state index in [1.54, 1.807) is 16.3 Å². The highest BCUT2D eigenvalue weighted by molar-refractivity contribution is 4.93. The molecule has 1 aliphatic carbocycles. The number of hydrogen-bond acceptors (Lipinski definition) is 3. The molecule has 5 heteroatoms. The first-order valence-corrected chi connectivity index (χ1v) is 7.02. The summed E-state index contributed by atoms with van der Waals surface area (Å²) >= 11 is 0. The van der Waals surface area contributed by atoms with E-state index in [4.69, 9.17) is 0 Å². The molecule has 1 N–H and O–H groups in total. The van der Waals surface area contributed by atoms with Gasteiger partial charge >= 0.3 is 5.69 Å². The lowest BCUT2D eigenvalue weighted by Gasteiger charge is -2.41. The first kappa shape index (κ1) is 14.3. The lowest BCUT2D eigenvalue weighted by Crippen LogP contribution is -2.41. The first-order chi connectivity index (χ1) is 8.71. The normalized spacial score (nSPS) is 28.6. The highest BCUT2D eigenvalue weighted by Gasteiger charge is 2.39. The molecule has 1 aliphatic rings. The maximum Gasteiger partial charge on any atom is 0.345 e. The van der Waals surface area contributed by atoms with Crippen molar-refractivity contribution in [3.8, 4) is 0 Å². The van der Waals surface area contributed by atoms with E-state index in [1.807, 2.05) is 6.92 Å². The van der Waals surface area contributed by atoms with Gasteiger partial charge in [0.1, 0.15) is 5.82 Å². The van der Waals surface area contributed by atoms with Crippen molar-refractivity contribution in [3.05, 3.63) is 16.3 Å². The Bertz CT molecular complexity index is 510. The Morgan fingerprint density at radius 3 is 2.42 bits per heavy atom. The van der Waals surface area contributed by atoms with Gasteiger partial charge in [0.2, 0.25) is 0 Å². The molecule has 1 aromatic rings. The molecule has 5 nitrogen and oxygen atoms in total. The quantitative estimate of drug-likeness (QED) is 0.841. The van der Waals surface area contributed by atoms with Crippen LogP contribution in [-0.4, -0.2) is 25.6 Å². The van der Waals surface area contributed by atoms with Gasteiger partial charge in [0.25, 0.3) is 0 Å². The van der Waals surface area contributed by atoms with Gasteiger partial charge in [-0.05, 0) is 37.5 Å². The Hall–Kier alpha value is -1.10. The van der Waals surface area contributed by atoms with Crippen LogP contribution in [0.2, 0.25) is 0 Å². The third-order valence-electron chi connectivity index (χ3n) is 4.44. The van der Waals surface area contributed by atoms with E-state index >= 15 is 0 Å². The van der Waals surface area contributed by atoms with Crippen LogP contribution in [0.15, 0.2) is 4.79 Å². The van der Waals surface area contributed by atoms with Crippen LogP contribution in [0.4, 0.5) is 0 Å². The summed E-state index contributed by atoms with van der Waals surface area (Å²) in [4.78, 5) is 12.2. The summed E-state index contributed by atoms with van der Waals surface area (Å²) in [6, 6.07) is -0.00356. The zero-order valence-corrected chi connectivity index (χ0v) is 12.6. The number of aryl methyl sites for hydroxylation is 1. The summed E-state index contributed by atoms with van der Waals surface area (Å²) in [5, 5.41) is 14.3. The molecule has 3 atom stereocenters. The number of nitrogens with zero attached hydrogens (tertiary/aromatic N) is 3. The molecule has 0 radical (unpaired) electrons. The van der Waals surface area contributed by atoms with Crippen molar-refractivity contribution < 1.29 is 5.11 Å². The lowest BCUT2D eigenvalue weighted by molar-refractivity contribution is 0.0237. The van der Waals surface area contributed by atoms with Crippen LogP contribution in [-0.2, 0) is 7.05 Å². The predicted octanol–water partition coefficient (Wildman–Crippen LogP) is 1.64. The van der Waals surface area contributed by atoms with E-state index in [1.165, 1.54) is 0 Å². The van der Waals surface area contributed by atoms with Gasteiger partial charge in [-0.2, -0.15) is 5.10 Å².